The van der Waals surface area contributed by atoms with Crippen molar-refractivity contribution in [1.29, 1.82) is 0 Å². The molecule has 1 heterocycles. The van der Waals surface area contributed by atoms with E-state index in [2.05, 4.69) is 5.32 Å². The van der Waals surface area contributed by atoms with Gasteiger partial charge in [0.25, 0.3) is 0 Å². The van der Waals surface area contributed by atoms with Gasteiger partial charge in [0.05, 0.1) is 0 Å². The smallest absolute Gasteiger partial charge is 0.120 e. The maximum absolute atomic E-state index is 5.67. The number of allylic oxidation sites excluding steroid dienone is 2. The van der Waals surface area contributed by atoms with Crippen molar-refractivity contribution in [3.8, 4) is 0 Å². The highest BCUT2D eigenvalue weighted by molar-refractivity contribution is 6.21. The predicted molar refractivity (Wildman–Crippen MR) is 35.7 cm³/mol. The predicted octanol–water partition coefficient (Wildman–Crippen LogP) is 1.61. The van der Waals surface area contributed by atoms with E-state index in [-0.39, 0.29) is 5.50 Å². The minimum Gasteiger partial charge on any atom is -0.372 e. The standard InChI is InChI=1S/C6H8ClN/c1-5-2-3-8-6(7)4-5/h2-4,6,8H,1H3. The Hall–Kier alpha value is -0.430. The molecule has 2 heteroatoms. The van der Waals surface area contributed by atoms with Gasteiger partial charge in [0.15, 0.2) is 0 Å². The molecule has 44 valence electrons. The summed E-state index contributed by atoms with van der Waals surface area (Å²) in [5.74, 6) is 0. The van der Waals surface area contributed by atoms with Crippen molar-refractivity contribution in [1.82, 2.24) is 5.32 Å². The molecule has 1 N–H and O–H groups in total. The van der Waals surface area contributed by atoms with Crippen molar-refractivity contribution in [2.24, 2.45) is 0 Å². The summed E-state index contributed by atoms with van der Waals surface area (Å²) in [6.07, 6.45) is 5.80. The molecule has 0 aromatic heterocycles. The van der Waals surface area contributed by atoms with Gasteiger partial charge in [-0.05, 0) is 25.3 Å². The van der Waals surface area contributed by atoms with E-state index in [1.54, 1.807) is 0 Å². The molecule has 1 aliphatic rings. The van der Waals surface area contributed by atoms with Crippen LogP contribution in [-0.2, 0) is 0 Å². The van der Waals surface area contributed by atoms with E-state index in [0.717, 1.165) is 0 Å². The van der Waals surface area contributed by atoms with E-state index in [4.69, 9.17) is 11.6 Å². The Bertz CT molecular complexity index is 137. The first-order valence-electron chi connectivity index (χ1n) is 2.54. The normalized spacial score (nSPS) is 26.8. The molecule has 0 saturated carbocycles. The van der Waals surface area contributed by atoms with Crippen LogP contribution >= 0.6 is 11.6 Å². The molecule has 0 bridgehead atoms. The van der Waals surface area contributed by atoms with Gasteiger partial charge in [-0.15, -0.1) is 0 Å². The van der Waals surface area contributed by atoms with E-state index in [9.17, 15) is 0 Å². The first-order chi connectivity index (χ1) is 3.79. The van der Waals surface area contributed by atoms with Crippen molar-refractivity contribution in [3.05, 3.63) is 23.9 Å². The van der Waals surface area contributed by atoms with Crippen molar-refractivity contribution >= 4 is 11.6 Å². The van der Waals surface area contributed by atoms with Crippen LogP contribution in [0.2, 0.25) is 0 Å². The van der Waals surface area contributed by atoms with Gasteiger partial charge < -0.3 is 5.32 Å². The van der Waals surface area contributed by atoms with Gasteiger partial charge in [-0.1, -0.05) is 17.2 Å². The van der Waals surface area contributed by atoms with Crippen molar-refractivity contribution < 1.29 is 0 Å². The lowest BCUT2D eigenvalue weighted by Gasteiger charge is -2.08. The number of halogens is 1. The summed E-state index contributed by atoms with van der Waals surface area (Å²) in [6.45, 7) is 2.02. The molecule has 0 fully saturated rings. The molecule has 8 heavy (non-hydrogen) atoms. The van der Waals surface area contributed by atoms with Crippen LogP contribution in [0.4, 0.5) is 0 Å². The Labute approximate surface area is 54.0 Å². The zero-order valence-electron chi connectivity index (χ0n) is 4.69. The molecule has 1 unspecified atom stereocenters. The first kappa shape index (κ1) is 5.70. The second-order valence-corrected chi connectivity index (χ2v) is 2.28. The fourth-order valence-electron chi connectivity index (χ4n) is 0.606. The Kier molecular flexibility index (Phi) is 1.59. The Balaban J connectivity index is 2.63. The van der Waals surface area contributed by atoms with Gasteiger partial charge in [0, 0.05) is 0 Å². The highest BCUT2D eigenvalue weighted by Crippen LogP contribution is 2.05. The molecule has 0 spiro atoms. The van der Waals surface area contributed by atoms with Crippen molar-refractivity contribution in [2.75, 3.05) is 0 Å². The monoisotopic (exact) mass is 129 g/mol. The van der Waals surface area contributed by atoms with Gasteiger partial charge in [0.1, 0.15) is 5.50 Å². The quantitative estimate of drug-likeness (QED) is 0.387. The van der Waals surface area contributed by atoms with Crippen LogP contribution in [0.1, 0.15) is 6.92 Å². The molecular formula is C6H8ClN. The molecule has 0 saturated heterocycles. The van der Waals surface area contributed by atoms with Crippen LogP contribution in [0.25, 0.3) is 0 Å². The van der Waals surface area contributed by atoms with Crippen LogP contribution in [-0.4, -0.2) is 5.50 Å². The summed E-state index contributed by atoms with van der Waals surface area (Å²) < 4.78 is 0. The third kappa shape index (κ3) is 1.27. The lowest BCUT2D eigenvalue weighted by Crippen LogP contribution is -2.17. The molecule has 0 amide bonds. The molecule has 0 aliphatic carbocycles. The summed E-state index contributed by atoms with van der Waals surface area (Å²) in [4.78, 5) is 0. The molecule has 1 aliphatic heterocycles. The number of hydrogen-bond donors (Lipinski definition) is 1. The average Bonchev–Trinajstić information content (AvgIpc) is 1.64. The third-order valence-corrected chi connectivity index (χ3v) is 1.26. The van der Waals surface area contributed by atoms with Crippen molar-refractivity contribution in [2.45, 2.75) is 12.4 Å². The van der Waals surface area contributed by atoms with Crippen LogP contribution in [0.15, 0.2) is 23.9 Å². The van der Waals surface area contributed by atoms with Crippen LogP contribution in [0.5, 0.6) is 0 Å². The average molecular weight is 130 g/mol. The molecule has 0 aromatic carbocycles. The van der Waals surface area contributed by atoms with E-state index < -0.39 is 0 Å². The van der Waals surface area contributed by atoms with E-state index in [0.29, 0.717) is 0 Å². The van der Waals surface area contributed by atoms with Crippen LogP contribution in [0.3, 0.4) is 0 Å². The minimum absolute atomic E-state index is 0.0139. The number of nitrogens with one attached hydrogen (secondary N) is 1. The number of alkyl halides is 1. The Morgan fingerprint density at radius 1 is 1.75 bits per heavy atom. The fraction of sp³-hybridized carbons (Fsp3) is 0.333. The summed E-state index contributed by atoms with van der Waals surface area (Å²) in [5, 5.41) is 2.92. The molecule has 1 nitrogen and oxygen atoms in total. The number of dihydropyridines is 1. The molecule has 0 aromatic rings. The number of rotatable bonds is 0. The number of hydrogen-bond acceptors (Lipinski definition) is 1. The summed E-state index contributed by atoms with van der Waals surface area (Å²) in [5.41, 5.74) is 1.20. The van der Waals surface area contributed by atoms with Crippen molar-refractivity contribution in [3.63, 3.8) is 0 Å². The molecule has 1 rings (SSSR count). The zero-order valence-corrected chi connectivity index (χ0v) is 5.44. The Morgan fingerprint density at radius 2 is 2.50 bits per heavy atom. The largest absolute Gasteiger partial charge is 0.372 e. The molecule has 1 atom stereocenters. The van der Waals surface area contributed by atoms with E-state index in [1.807, 2.05) is 25.3 Å². The third-order valence-electron chi connectivity index (χ3n) is 1.01. The van der Waals surface area contributed by atoms with Gasteiger partial charge in [-0.25, -0.2) is 0 Å². The van der Waals surface area contributed by atoms with E-state index in [1.165, 1.54) is 5.57 Å². The summed E-state index contributed by atoms with van der Waals surface area (Å²) >= 11 is 5.67. The maximum atomic E-state index is 5.67. The lowest BCUT2D eigenvalue weighted by atomic mass is 10.2. The lowest BCUT2D eigenvalue weighted by molar-refractivity contribution is 0.890. The van der Waals surface area contributed by atoms with E-state index >= 15 is 0 Å². The SMILES string of the molecule is CC1=CC(Cl)NC=C1. The van der Waals surface area contributed by atoms with Gasteiger partial charge in [-0.3, -0.25) is 0 Å². The maximum Gasteiger partial charge on any atom is 0.120 e. The van der Waals surface area contributed by atoms with Gasteiger partial charge in [0.2, 0.25) is 0 Å². The zero-order chi connectivity index (χ0) is 5.98. The highest BCUT2D eigenvalue weighted by Gasteiger charge is 1.98. The van der Waals surface area contributed by atoms with Crippen LogP contribution < -0.4 is 5.32 Å². The summed E-state index contributed by atoms with van der Waals surface area (Å²) in [7, 11) is 0. The first-order valence-corrected chi connectivity index (χ1v) is 2.98. The molecule has 0 radical (unpaired) electrons. The molecular weight excluding hydrogens is 122 g/mol. The fourth-order valence-corrected chi connectivity index (χ4v) is 0.877. The van der Waals surface area contributed by atoms with Crippen LogP contribution in [0, 0.1) is 0 Å². The highest BCUT2D eigenvalue weighted by atomic mass is 35.5. The second-order valence-electron chi connectivity index (χ2n) is 1.81. The minimum atomic E-state index is -0.0139. The van der Waals surface area contributed by atoms with Gasteiger partial charge >= 0.3 is 0 Å². The Morgan fingerprint density at radius 3 is 2.88 bits per heavy atom. The second kappa shape index (κ2) is 2.23. The topological polar surface area (TPSA) is 12.0 Å². The summed E-state index contributed by atoms with van der Waals surface area (Å²) in [6, 6.07) is 0. The van der Waals surface area contributed by atoms with Gasteiger partial charge in [-0.2, -0.15) is 0 Å².